The summed E-state index contributed by atoms with van der Waals surface area (Å²) >= 11 is 1.71. The average molecular weight is 364 g/mol. The Kier molecular flexibility index (Phi) is 7.97. The lowest BCUT2D eigenvalue weighted by molar-refractivity contribution is -0.123. The number of aliphatic hydroxyl groups excluding tert-OH is 1. The van der Waals surface area contributed by atoms with Gasteiger partial charge in [-0.05, 0) is 55.7 Å². The molecule has 1 aromatic carbocycles. The van der Waals surface area contributed by atoms with E-state index in [4.69, 9.17) is 0 Å². The van der Waals surface area contributed by atoms with E-state index in [0.29, 0.717) is 5.78 Å². The van der Waals surface area contributed by atoms with E-state index in [-0.39, 0.29) is 30.4 Å². The second-order valence-corrected chi connectivity index (χ2v) is 7.88. The van der Waals surface area contributed by atoms with E-state index in [1.165, 1.54) is 0 Å². The summed E-state index contributed by atoms with van der Waals surface area (Å²) in [6, 6.07) is 7.84. The van der Waals surface area contributed by atoms with Crippen LogP contribution in [0.25, 0.3) is 0 Å². The Labute approximate surface area is 154 Å². The summed E-state index contributed by atoms with van der Waals surface area (Å²) in [5.74, 6) is 1.16. The molecule has 0 spiro atoms. The van der Waals surface area contributed by atoms with Crippen molar-refractivity contribution in [2.45, 2.75) is 51.0 Å². The van der Waals surface area contributed by atoms with Gasteiger partial charge in [-0.3, -0.25) is 9.59 Å². The number of rotatable bonds is 9. The SMILES string of the molecule is CSCC[C@H](CO)NC(=O)[C@@H](C)c1ccc(C[C@H]2CCCC2=O)cc1. The van der Waals surface area contributed by atoms with E-state index < -0.39 is 0 Å². The number of hydrogen-bond acceptors (Lipinski definition) is 4. The van der Waals surface area contributed by atoms with Gasteiger partial charge in [0.2, 0.25) is 5.91 Å². The fourth-order valence-electron chi connectivity index (χ4n) is 3.28. The van der Waals surface area contributed by atoms with Gasteiger partial charge < -0.3 is 10.4 Å². The van der Waals surface area contributed by atoms with Gasteiger partial charge in [0.1, 0.15) is 5.78 Å². The average Bonchev–Trinajstić information content (AvgIpc) is 3.03. The first kappa shape index (κ1) is 20.0. The predicted octanol–water partition coefficient (Wildman–Crippen LogP) is 2.93. The van der Waals surface area contributed by atoms with Crippen molar-refractivity contribution >= 4 is 23.5 Å². The number of amides is 1. The normalized spacial score (nSPS) is 19.6. The molecule has 2 N–H and O–H groups in total. The van der Waals surface area contributed by atoms with Crippen LogP contribution in [0.4, 0.5) is 0 Å². The number of hydrogen-bond donors (Lipinski definition) is 2. The number of benzene rings is 1. The van der Waals surface area contributed by atoms with Crippen LogP contribution in [0.15, 0.2) is 24.3 Å². The van der Waals surface area contributed by atoms with Crippen molar-refractivity contribution in [1.29, 1.82) is 0 Å². The number of carbonyl (C=O) groups is 2. The zero-order valence-corrected chi connectivity index (χ0v) is 16.0. The molecule has 1 amide bonds. The molecule has 1 saturated carbocycles. The van der Waals surface area contributed by atoms with E-state index in [1.54, 1.807) is 11.8 Å². The monoisotopic (exact) mass is 363 g/mol. The van der Waals surface area contributed by atoms with Crippen molar-refractivity contribution in [3.8, 4) is 0 Å². The first-order chi connectivity index (χ1) is 12.0. The second kappa shape index (κ2) is 9.97. The Hall–Kier alpha value is -1.33. The van der Waals surface area contributed by atoms with E-state index in [9.17, 15) is 14.7 Å². The lowest BCUT2D eigenvalue weighted by Gasteiger charge is -2.19. The highest BCUT2D eigenvalue weighted by atomic mass is 32.2. The van der Waals surface area contributed by atoms with Crippen LogP contribution < -0.4 is 5.32 Å². The van der Waals surface area contributed by atoms with Crippen LogP contribution in [-0.4, -0.2) is 41.5 Å². The molecule has 1 aromatic rings. The Morgan fingerprint density at radius 1 is 1.36 bits per heavy atom. The zero-order valence-electron chi connectivity index (χ0n) is 15.2. The molecule has 1 aliphatic rings. The van der Waals surface area contributed by atoms with Gasteiger partial charge >= 0.3 is 0 Å². The highest BCUT2D eigenvalue weighted by molar-refractivity contribution is 7.98. The maximum absolute atomic E-state index is 12.4. The van der Waals surface area contributed by atoms with Crippen LogP contribution in [0.2, 0.25) is 0 Å². The van der Waals surface area contributed by atoms with E-state index >= 15 is 0 Å². The third-order valence-electron chi connectivity index (χ3n) is 5.02. The number of aliphatic hydroxyl groups is 1. The minimum Gasteiger partial charge on any atom is -0.394 e. The Morgan fingerprint density at radius 3 is 2.64 bits per heavy atom. The first-order valence-electron chi connectivity index (χ1n) is 9.06. The summed E-state index contributed by atoms with van der Waals surface area (Å²) in [7, 11) is 0. The molecule has 5 heteroatoms. The second-order valence-electron chi connectivity index (χ2n) is 6.89. The molecule has 0 bridgehead atoms. The first-order valence-corrected chi connectivity index (χ1v) is 10.5. The molecule has 138 valence electrons. The van der Waals surface area contributed by atoms with Crippen molar-refractivity contribution in [1.82, 2.24) is 5.32 Å². The van der Waals surface area contributed by atoms with Crippen LogP contribution in [0.3, 0.4) is 0 Å². The summed E-state index contributed by atoms with van der Waals surface area (Å²) in [6.07, 6.45) is 6.33. The van der Waals surface area contributed by atoms with Crippen LogP contribution in [0, 0.1) is 5.92 Å². The van der Waals surface area contributed by atoms with E-state index in [0.717, 1.165) is 49.0 Å². The molecule has 0 saturated heterocycles. The van der Waals surface area contributed by atoms with E-state index in [1.807, 2.05) is 37.4 Å². The van der Waals surface area contributed by atoms with Gasteiger partial charge in [-0.15, -0.1) is 0 Å². The summed E-state index contributed by atoms with van der Waals surface area (Å²) in [4.78, 5) is 24.2. The summed E-state index contributed by atoms with van der Waals surface area (Å²) < 4.78 is 0. The van der Waals surface area contributed by atoms with Crippen molar-refractivity contribution in [2.24, 2.45) is 5.92 Å². The minimum absolute atomic E-state index is 0.0344. The third-order valence-corrected chi connectivity index (χ3v) is 5.67. The van der Waals surface area contributed by atoms with Gasteiger partial charge in [0.25, 0.3) is 0 Å². The molecule has 2 rings (SSSR count). The number of nitrogens with one attached hydrogen (secondary N) is 1. The molecular formula is C20H29NO3S. The van der Waals surface area contributed by atoms with Gasteiger partial charge in [-0.2, -0.15) is 11.8 Å². The molecular weight excluding hydrogens is 334 g/mol. The number of thioether (sulfide) groups is 1. The van der Waals surface area contributed by atoms with Gasteiger partial charge in [-0.1, -0.05) is 24.3 Å². The quantitative estimate of drug-likeness (QED) is 0.708. The van der Waals surface area contributed by atoms with Gasteiger partial charge in [-0.25, -0.2) is 0 Å². The Balaban J connectivity index is 1.91. The molecule has 0 aliphatic heterocycles. The molecule has 0 unspecified atom stereocenters. The molecule has 25 heavy (non-hydrogen) atoms. The molecule has 3 atom stereocenters. The maximum Gasteiger partial charge on any atom is 0.227 e. The summed E-state index contributed by atoms with van der Waals surface area (Å²) in [6.45, 7) is 1.85. The Morgan fingerprint density at radius 2 is 2.08 bits per heavy atom. The summed E-state index contributed by atoms with van der Waals surface area (Å²) in [5.41, 5.74) is 2.12. The predicted molar refractivity (Wildman–Crippen MR) is 103 cm³/mol. The Bertz CT molecular complexity index is 573. The van der Waals surface area contributed by atoms with Crippen LogP contribution in [-0.2, 0) is 16.0 Å². The highest BCUT2D eigenvalue weighted by Crippen LogP contribution is 2.26. The van der Waals surface area contributed by atoms with Crippen molar-refractivity contribution in [2.75, 3.05) is 18.6 Å². The lowest BCUT2D eigenvalue weighted by atomic mass is 9.94. The standard InChI is InChI=1S/C20H29NO3S/c1-14(20(24)21-18(13-22)10-11-25-2)16-8-6-15(7-9-16)12-17-4-3-5-19(17)23/h6-9,14,17-18,22H,3-5,10-13H2,1-2H3,(H,21,24)/t14-,17+,18+/m0/s1. The highest BCUT2D eigenvalue weighted by Gasteiger charge is 2.24. The van der Waals surface area contributed by atoms with Gasteiger partial charge in [0, 0.05) is 12.3 Å². The van der Waals surface area contributed by atoms with Gasteiger partial charge in [0.05, 0.1) is 18.6 Å². The lowest BCUT2D eigenvalue weighted by Crippen LogP contribution is -2.40. The maximum atomic E-state index is 12.4. The topological polar surface area (TPSA) is 66.4 Å². The number of Topliss-reactive ketones (excluding diaryl/α,β-unsaturated/α-hetero) is 1. The minimum atomic E-state index is -0.259. The molecule has 0 heterocycles. The van der Waals surface area contributed by atoms with Crippen LogP contribution in [0.1, 0.15) is 49.7 Å². The molecule has 0 radical (unpaired) electrons. The molecule has 1 aliphatic carbocycles. The fourth-order valence-corrected chi connectivity index (χ4v) is 3.80. The molecule has 4 nitrogen and oxygen atoms in total. The molecule has 1 fully saturated rings. The van der Waals surface area contributed by atoms with Crippen LogP contribution in [0.5, 0.6) is 0 Å². The van der Waals surface area contributed by atoms with Crippen molar-refractivity contribution < 1.29 is 14.7 Å². The number of ketones is 1. The summed E-state index contributed by atoms with van der Waals surface area (Å²) in [5, 5.41) is 12.3. The third kappa shape index (κ3) is 5.86. The fraction of sp³-hybridized carbons (Fsp3) is 0.600. The van der Waals surface area contributed by atoms with Crippen molar-refractivity contribution in [3.63, 3.8) is 0 Å². The smallest absolute Gasteiger partial charge is 0.227 e. The van der Waals surface area contributed by atoms with E-state index in [2.05, 4.69) is 5.32 Å². The van der Waals surface area contributed by atoms with Crippen LogP contribution >= 0.6 is 11.8 Å². The van der Waals surface area contributed by atoms with Gasteiger partial charge in [0.15, 0.2) is 0 Å². The molecule has 0 aromatic heterocycles. The van der Waals surface area contributed by atoms with Crippen molar-refractivity contribution in [3.05, 3.63) is 35.4 Å². The number of carbonyl (C=O) groups excluding carboxylic acids is 2. The largest absolute Gasteiger partial charge is 0.394 e. The zero-order chi connectivity index (χ0) is 18.2.